The number of ketones is 1. The van der Waals surface area contributed by atoms with Gasteiger partial charge in [0.1, 0.15) is 6.17 Å². The number of halogens is 1. The summed E-state index contributed by atoms with van der Waals surface area (Å²) in [5, 5.41) is 0. The van der Waals surface area contributed by atoms with Gasteiger partial charge in [0, 0.05) is 6.42 Å². The topological polar surface area (TPSA) is 17.1 Å². The fourth-order valence-corrected chi connectivity index (χ4v) is 6.47. The molecule has 2 heteroatoms. The van der Waals surface area contributed by atoms with Gasteiger partial charge in [-0.1, -0.05) is 26.0 Å². The second kappa shape index (κ2) is 4.55. The molecule has 0 aromatic rings. The first-order chi connectivity index (χ1) is 10.4. The van der Waals surface area contributed by atoms with Crippen molar-refractivity contribution in [2.75, 3.05) is 0 Å². The maximum Gasteiger partial charge on any atom is 0.155 e. The molecule has 1 nitrogen and oxygen atoms in total. The van der Waals surface area contributed by atoms with E-state index in [2.05, 4.69) is 20.4 Å². The highest BCUT2D eigenvalue weighted by atomic mass is 19.1. The monoisotopic (exact) mass is 302 g/mol. The van der Waals surface area contributed by atoms with E-state index < -0.39 is 6.17 Å². The Labute approximate surface area is 133 Å². The van der Waals surface area contributed by atoms with Gasteiger partial charge in [0.25, 0.3) is 0 Å². The molecule has 120 valence electrons. The summed E-state index contributed by atoms with van der Waals surface area (Å²) in [6.07, 6.45) is 7.52. The Bertz CT molecular complexity index is 576. The number of carbonyl (C=O) groups is 1. The summed E-state index contributed by atoms with van der Waals surface area (Å²) in [7, 11) is 0. The molecule has 4 rings (SSSR count). The molecule has 3 unspecified atom stereocenters. The van der Waals surface area contributed by atoms with Gasteiger partial charge < -0.3 is 0 Å². The average molecular weight is 302 g/mol. The highest BCUT2D eigenvalue weighted by Crippen LogP contribution is 2.66. The van der Waals surface area contributed by atoms with Crippen LogP contribution in [0.25, 0.3) is 0 Å². The lowest BCUT2D eigenvalue weighted by Crippen LogP contribution is -2.52. The first-order valence-electron chi connectivity index (χ1n) is 8.93. The second-order valence-corrected chi connectivity index (χ2v) is 8.66. The lowest BCUT2D eigenvalue weighted by Gasteiger charge is -2.58. The van der Waals surface area contributed by atoms with Crippen LogP contribution in [0, 0.1) is 28.6 Å². The van der Waals surface area contributed by atoms with Crippen molar-refractivity contribution in [1.82, 2.24) is 0 Å². The average Bonchev–Trinajstić information content (AvgIpc) is 2.77. The fourth-order valence-electron chi connectivity index (χ4n) is 6.47. The van der Waals surface area contributed by atoms with Gasteiger partial charge >= 0.3 is 0 Å². The summed E-state index contributed by atoms with van der Waals surface area (Å²) in [5.41, 5.74) is 2.38. The molecule has 0 aliphatic heterocycles. The van der Waals surface area contributed by atoms with Crippen LogP contribution in [0.3, 0.4) is 0 Å². The maximum absolute atomic E-state index is 14.9. The molecule has 0 N–H and O–H groups in total. The lowest BCUT2D eigenvalue weighted by atomic mass is 9.47. The van der Waals surface area contributed by atoms with Crippen molar-refractivity contribution in [2.24, 2.45) is 28.6 Å². The fraction of sp³-hybridized carbons (Fsp3) is 0.750. The molecule has 0 saturated heterocycles. The standard InChI is InChI=1S/C20H27FO/c1-12-4-5-15-14-11-18(21)17-10-13(22)6-8-20(17,3)16(14)7-9-19(12,15)2/h10,14-16,18H,1,4-9,11H2,2-3H3/t14?,15?,16?,18-,19+,20+/m0/s1. The van der Waals surface area contributed by atoms with E-state index >= 15 is 0 Å². The van der Waals surface area contributed by atoms with Crippen molar-refractivity contribution < 1.29 is 9.18 Å². The van der Waals surface area contributed by atoms with Crippen molar-refractivity contribution in [2.45, 2.75) is 65.0 Å². The minimum absolute atomic E-state index is 0.0818. The number of alkyl halides is 1. The van der Waals surface area contributed by atoms with Crippen LogP contribution in [0.2, 0.25) is 0 Å². The molecule has 6 atom stereocenters. The van der Waals surface area contributed by atoms with Gasteiger partial charge in [-0.15, -0.1) is 0 Å². The molecule has 0 bridgehead atoms. The number of allylic oxidation sites excluding steroid dienone is 2. The zero-order valence-electron chi connectivity index (χ0n) is 13.8. The Kier molecular flexibility index (Phi) is 3.03. The number of hydrogen-bond acceptors (Lipinski definition) is 1. The molecule has 4 aliphatic carbocycles. The number of rotatable bonds is 0. The first kappa shape index (κ1) is 14.7. The summed E-state index contributed by atoms with van der Waals surface area (Å²) < 4.78 is 14.9. The van der Waals surface area contributed by atoms with Gasteiger partial charge in [0.15, 0.2) is 5.78 Å². The molecule has 0 heterocycles. The zero-order valence-corrected chi connectivity index (χ0v) is 13.8. The number of carbonyl (C=O) groups excluding carboxylic acids is 1. The van der Waals surface area contributed by atoms with E-state index in [0.29, 0.717) is 30.6 Å². The minimum atomic E-state index is -0.910. The van der Waals surface area contributed by atoms with Crippen molar-refractivity contribution >= 4 is 5.78 Å². The van der Waals surface area contributed by atoms with Gasteiger partial charge in [-0.3, -0.25) is 4.79 Å². The first-order valence-corrected chi connectivity index (χ1v) is 8.93. The van der Waals surface area contributed by atoms with E-state index in [4.69, 9.17) is 0 Å². The molecule has 0 spiro atoms. The molecule has 3 fully saturated rings. The molecule has 4 aliphatic rings. The maximum atomic E-state index is 14.9. The van der Waals surface area contributed by atoms with E-state index in [1.807, 2.05) is 0 Å². The van der Waals surface area contributed by atoms with Crippen LogP contribution in [0.5, 0.6) is 0 Å². The van der Waals surface area contributed by atoms with Crippen LogP contribution in [-0.4, -0.2) is 12.0 Å². The third kappa shape index (κ3) is 1.73. The summed E-state index contributed by atoms with van der Waals surface area (Å²) >= 11 is 0. The lowest BCUT2D eigenvalue weighted by molar-refractivity contribution is -0.117. The van der Waals surface area contributed by atoms with Gasteiger partial charge in [0.05, 0.1) is 0 Å². The van der Waals surface area contributed by atoms with Crippen LogP contribution < -0.4 is 0 Å². The molecule has 3 saturated carbocycles. The Morgan fingerprint density at radius 2 is 1.86 bits per heavy atom. The van der Waals surface area contributed by atoms with E-state index in [0.717, 1.165) is 18.4 Å². The molecule has 0 aromatic carbocycles. The highest BCUT2D eigenvalue weighted by Gasteiger charge is 2.59. The third-order valence-electron chi connectivity index (χ3n) is 7.89. The summed E-state index contributed by atoms with van der Waals surface area (Å²) in [5.74, 6) is 1.77. The Balaban J connectivity index is 1.74. The smallest absolute Gasteiger partial charge is 0.155 e. The van der Waals surface area contributed by atoms with Crippen molar-refractivity contribution in [1.29, 1.82) is 0 Å². The van der Waals surface area contributed by atoms with Gasteiger partial charge in [-0.25, -0.2) is 4.39 Å². The third-order valence-corrected chi connectivity index (χ3v) is 7.89. The van der Waals surface area contributed by atoms with Crippen LogP contribution in [0.15, 0.2) is 23.8 Å². The summed E-state index contributed by atoms with van der Waals surface area (Å²) in [4.78, 5) is 11.8. The van der Waals surface area contributed by atoms with Crippen molar-refractivity contribution in [3.63, 3.8) is 0 Å². The molecule has 0 amide bonds. The van der Waals surface area contributed by atoms with Crippen LogP contribution >= 0.6 is 0 Å². The minimum Gasteiger partial charge on any atom is -0.295 e. The van der Waals surface area contributed by atoms with E-state index in [9.17, 15) is 9.18 Å². The number of hydrogen-bond donors (Lipinski definition) is 0. The van der Waals surface area contributed by atoms with Gasteiger partial charge in [0.2, 0.25) is 0 Å². The van der Waals surface area contributed by atoms with Gasteiger partial charge in [-0.05, 0) is 78.8 Å². The Morgan fingerprint density at radius 3 is 2.64 bits per heavy atom. The van der Waals surface area contributed by atoms with Gasteiger partial charge in [-0.2, -0.15) is 0 Å². The quantitative estimate of drug-likeness (QED) is 0.574. The molecular weight excluding hydrogens is 275 g/mol. The van der Waals surface area contributed by atoms with E-state index in [-0.39, 0.29) is 16.6 Å². The Morgan fingerprint density at radius 1 is 1.14 bits per heavy atom. The highest BCUT2D eigenvalue weighted by molar-refractivity contribution is 5.91. The molecule has 0 aromatic heterocycles. The molecule has 0 radical (unpaired) electrons. The van der Waals surface area contributed by atoms with Crippen molar-refractivity contribution in [3.8, 4) is 0 Å². The van der Waals surface area contributed by atoms with E-state index in [1.54, 1.807) is 6.08 Å². The van der Waals surface area contributed by atoms with Crippen LogP contribution in [0.1, 0.15) is 58.8 Å². The predicted molar refractivity (Wildman–Crippen MR) is 86.1 cm³/mol. The largest absolute Gasteiger partial charge is 0.295 e. The Hall–Kier alpha value is -0.920. The molecule has 22 heavy (non-hydrogen) atoms. The van der Waals surface area contributed by atoms with Crippen LogP contribution in [-0.2, 0) is 4.79 Å². The van der Waals surface area contributed by atoms with E-state index in [1.165, 1.54) is 24.8 Å². The van der Waals surface area contributed by atoms with Crippen LogP contribution in [0.4, 0.5) is 4.39 Å². The summed E-state index contributed by atoms with van der Waals surface area (Å²) in [6, 6.07) is 0. The number of fused-ring (bicyclic) bond motifs is 5. The molecular formula is C20H27FO. The zero-order chi connectivity index (χ0) is 15.7. The predicted octanol–water partition coefficient (Wildman–Crippen LogP) is 5.02. The van der Waals surface area contributed by atoms with Crippen molar-refractivity contribution in [3.05, 3.63) is 23.8 Å². The summed E-state index contributed by atoms with van der Waals surface area (Å²) in [6.45, 7) is 8.93. The normalized spacial score (nSPS) is 51.0. The second-order valence-electron chi connectivity index (χ2n) is 8.66. The SMILES string of the molecule is C=C1CCC2C3C[C@H](F)C4=CC(=O)CC[C@]4(C)C3CC[C@]12C.